The van der Waals surface area contributed by atoms with Gasteiger partial charge in [0.05, 0.1) is 6.61 Å². The third-order valence-corrected chi connectivity index (χ3v) is 1.91. The predicted octanol–water partition coefficient (Wildman–Crippen LogP) is 0.183. The fraction of sp³-hybridized carbons (Fsp3) is 0.800. The van der Waals surface area contributed by atoms with Gasteiger partial charge in [0.1, 0.15) is 6.04 Å². The molecule has 3 N–H and O–H groups in total. The van der Waals surface area contributed by atoms with E-state index in [1.165, 1.54) is 6.92 Å². The van der Waals surface area contributed by atoms with Crippen molar-refractivity contribution in [2.45, 2.75) is 39.2 Å². The number of nitrogens with one attached hydrogen (secondary N) is 1. The third kappa shape index (κ3) is 7.93. The van der Waals surface area contributed by atoms with Crippen LogP contribution in [0.4, 0.5) is 0 Å². The number of ether oxygens (including phenoxy) is 1. The second-order valence-electron chi connectivity index (χ2n) is 3.34. The van der Waals surface area contributed by atoms with Gasteiger partial charge in [-0.3, -0.25) is 9.59 Å². The Morgan fingerprint density at radius 1 is 1.40 bits per heavy atom. The molecule has 0 rings (SSSR count). The number of hydrogen-bond acceptors (Lipinski definition) is 4. The van der Waals surface area contributed by atoms with Gasteiger partial charge in [-0.15, -0.1) is 0 Å². The second-order valence-corrected chi connectivity index (χ2v) is 3.34. The largest absolute Gasteiger partial charge is 0.465 e. The number of amides is 1. The first-order valence-corrected chi connectivity index (χ1v) is 5.24. The molecule has 0 heterocycles. The summed E-state index contributed by atoms with van der Waals surface area (Å²) in [6, 6.07) is -0.540. The van der Waals surface area contributed by atoms with Crippen molar-refractivity contribution >= 4 is 11.9 Å². The van der Waals surface area contributed by atoms with Crippen molar-refractivity contribution in [1.29, 1.82) is 0 Å². The van der Waals surface area contributed by atoms with Gasteiger partial charge in [-0.25, -0.2) is 0 Å². The van der Waals surface area contributed by atoms with E-state index in [1.54, 1.807) is 6.92 Å². The van der Waals surface area contributed by atoms with E-state index in [2.05, 4.69) is 5.32 Å². The van der Waals surface area contributed by atoms with Gasteiger partial charge in [0.15, 0.2) is 0 Å². The quantitative estimate of drug-likeness (QED) is 0.470. The van der Waals surface area contributed by atoms with E-state index in [0.29, 0.717) is 19.6 Å². The average molecular weight is 216 g/mol. The average Bonchev–Trinajstić information content (AvgIpc) is 2.16. The molecule has 0 aromatic carbocycles. The highest BCUT2D eigenvalue weighted by Crippen LogP contribution is 2.00. The molecule has 5 nitrogen and oxygen atoms in total. The lowest BCUT2D eigenvalue weighted by atomic mass is 10.1. The third-order valence-electron chi connectivity index (χ3n) is 1.91. The van der Waals surface area contributed by atoms with Crippen molar-refractivity contribution in [3.8, 4) is 0 Å². The molecule has 0 spiro atoms. The monoisotopic (exact) mass is 216 g/mol. The Morgan fingerprint density at radius 2 is 2.07 bits per heavy atom. The summed E-state index contributed by atoms with van der Waals surface area (Å²) >= 11 is 0. The standard InChI is InChI=1S/C10H20N2O3/c1-3-15-10(14)9(11)6-4-5-7-12-8(2)13/h9H,3-7,11H2,1-2H3,(H,12,13)/t9-/m1/s1. The molecule has 0 radical (unpaired) electrons. The number of carbonyl (C=O) groups is 2. The molecule has 0 fully saturated rings. The topological polar surface area (TPSA) is 81.4 Å². The van der Waals surface area contributed by atoms with Crippen molar-refractivity contribution < 1.29 is 14.3 Å². The normalized spacial score (nSPS) is 11.9. The van der Waals surface area contributed by atoms with Crippen LogP contribution in [0.2, 0.25) is 0 Å². The Bertz CT molecular complexity index is 207. The minimum absolute atomic E-state index is 0.0373. The minimum atomic E-state index is -0.540. The lowest BCUT2D eigenvalue weighted by molar-refractivity contribution is -0.144. The number of unbranched alkanes of at least 4 members (excludes halogenated alkanes) is 1. The van der Waals surface area contributed by atoms with Crippen LogP contribution in [0.5, 0.6) is 0 Å². The van der Waals surface area contributed by atoms with E-state index in [-0.39, 0.29) is 11.9 Å². The SMILES string of the molecule is CCOC(=O)[C@H](N)CCCCNC(C)=O. The molecule has 0 bridgehead atoms. The van der Waals surface area contributed by atoms with E-state index in [0.717, 1.165) is 12.8 Å². The summed E-state index contributed by atoms with van der Waals surface area (Å²) in [5.74, 6) is -0.387. The van der Waals surface area contributed by atoms with Crippen LogP contribution in [0.1, 0.15) is 33.1 Å². The molecule has 0 aliphatic rings. The van der Waals surface area contributed by atoms with Crippen LogP contribution in [-0.2, 0) is 14.3 Å². The molecular formula is C10H20N2O3. The zero-order chi connectivity index (χ0) is 11.7. The predicted molar refractivity (Wildman–Crippen MR) is 57.1 cm³/mol. The van der Waals surface area contributed by atoms with Gasteiger partial charge in [-0.2, -0.15) is 0 Å². The van der Waals surface area contributed by atoms with E-state index in [4.69, 9.17) is 10.5 Å². The van der Waals surface area contributed by atoms with Gasteiger partial charge < -0.3 is 15.8 Å². The summed E-state index contributed by atoms with van der Waals surface area (Å²) in [6.45, 7) is 4.22. The van der Waals surface area contributed by atoms with Crippen LogP contribution < -0.4 is 11.1 Å². The van der Waals surface area contributed by atoms with Crippen LogP contribution in [0.15, 0.2) is 0 Å². The molecule has 0 aliphatic heterocycles. The smallest absolute Gasteiger partial charge is 0.322 e. The maximum absolute atomic E-state index is 11.1. The molecule has 0 aromatic heterocycles. The van der Waals surface area contributed by atoms with Gasteiger partial charge in [-0.1, -0.05) is 0 Å². The fourth-order valence-corrected chi connectivity index (χ4v) is 1.12. The number of nitrogens with two attached hydrogens (primary N) is 1. The molecule has 0 aromatic rings. The maximum Gasteiger partial charge on any atom is 0.322 e. The summed E-state index contributed by atoms with van der Waals surface area (Å²) in [5.41, 5.74) is 5.58. The lowest BCUT2D eigenvalue weighted by Crippen LogP contribution is -2.32. The van der Waals surface area contributed by atoms with Crippen LogP contribution >= 0.6 is 0 Å². The van der Waals surface area contributed by atoms with Crippen molar-refractivity contribution in [1.82, 2.24) is 5.32 Å². The number of rotatable bonds is 7. The Hall–Kier alpha value is -1.10. The zero-order valence-electron chi connectivity index (χ0n) is 9.41. The first-order chi connectivity index (χ1) is 7.07. The highest BCUT2D eigenvalue weighted by atomic mass is 16.5. The molecule has 0 unspecified atom stereocenters. The van der Waals surface area contributed by atoms with Crippen molar-refractivity contribution in [3.63, 3.8) is 0 Å². The minimum Gasteiger partial charge on any atom is -0.465 e. The van der Waals surface area contributed by atoms with E-state index >= 15 is 0 Å². The van der Waals surface area contributed by atoms with Gasteiger partial charge >= 0.3 is 5.97 Å². The van der Waals surface area contributed by atoms with Crippen molar-refractivity contribution in [2.24, 2.45) is 5.73 Å². The number of hydrogen-bond donors (Lipinski definition) is 2. The molecule has 15 heavy (non-hydrogen) atoms. The van der Waals surface area contributed by atoms with Gasteiger partial charge in [0.2, 0.25) is 5.91 Å². The summed E-state index contributed by atoms with van der Waals surface area (Å²) in [6.07, 6.45) is 2.23. The number of carbonyl (C=O) groups excluding carboxylic acids is 2. The van der Waals surface area contributed by atoms with Gasteiger partial charge in [0.25, 0.3) is 0 Å². The number of esters is 1. The van der Waals surface area contributed by atoms with Crippen LogP contribution in [0.3, 0.4) is 0 Å². The van der Waals surface area contributed by atoms with Gasteiger partial charge in [0, 0.05) is 13.5 Å². The zero-order valence-corrected chi connectivity index (χ0v) is 9.41. The molecule has 0 saturated carbocycles. The molecule has 1 atom stereocenters. The maximum atomic E-state index is 11.1. The first-order valence-electron chi connectivity index (χ1n) is 5.24. The summed E-state index contributed by atoms with van der Waals surface area (Å²) in [4.78, 5) is 21.6. The Kier molecular flexibility index (Phi) is 7.62. The van der Waals surface area contributed by atoms with E-state index in [1.807, 2.05) is 0 Å². The van der Waals surface area contributed by atoms with Crippen LogP contribution in [0.25, 0.3) is 0 Å². The highest BCUT2D eigenvalue weighted by Gasteiger charge is 2.13. The van der Waals surface area contributed by atoms with Crippen molar-refractivity contribution in [2.75, 3.05) is 13.2 Å². The van der Waals surface area contributed by atoms with E-state index in [9.17, 15) is 9.59 Å². The molecule has 1 amide bonds. The van der Waals surface area contributed by atoms with Gasteiger partial charge in [-0.05, 0) is 26.2 Å². The van der Waals surface area contributed by atoms with Crippen molar-refractivity contribution in [3.05, 3.63) is 0 Å². The Balaban J connectivity index is 3.42. The lowest BCUT2D eigenvalue weighted by Gasteiger charge is -2.09. The second kappa shape index (κ2) is 8.23. The molecule has 88 valence electrons. The van der Waals surface area contributed by atoms with E-state index < -0.39 is 6.04 Å². The molecule has 0 saturated heterocycles. The summed E-state index contributed by atoms with van der Waals surface area (Å²) in [5, 5.41) is 2.68. The molecule has 0 aliphatic carbocycles. The van der Waals surface area contributed by atoms with Crippen LogP contribution in [-0.4, -0.2) is 31.1 Å². The Labute approximate surface area is 90.4 Å². The highest BCUT2D eigenvalue weighted by molar-refractivity contribution is 5.75. The first kappa shape index (κ1) is 13.9. The molecular weight excluding hydrogens is 196 g/mol. The summed E-state index contributed by atoms with van der Waals surface area (Å²) in [7, 11) is 0. The Morgan fingerprint density at radius 3 is 2.60 bits per heavy atom. The molecule has 5 heteroatoms. The van der Waals surface area contributed by atoms with Crippen LogP contribution in [0, 0.1) is 0 Å². The summed E-state index contributed by atoms with van der Waals surface area (Å²) < 4.78 is 4.77. The fourth-order valence-electron chi connectivity index (χ4n) is 1.12.